The zero-order valence-electron chi connectivity index (χ0n) is 18.8. The van der Waals surface area contributed by atoms with Crippen molar-refractivity contribution in [3.05, 3.63) is 76.7 Å². The highest BCUT2D eigenvalue weighted by atomic mass is 32.2. The van der Waals surface area contributed by atoms with E-state index in [9.17, 15) is 18.0 Å². The van der Waals surface area contributed by atoms with Crippen molar-refractivity contribution >= 4 is 27.9 Å². The molecule has 7 nitrogen and oxygen atoms in total. The maximum absolute atomic E-state index is 13.1. The van der Waals surface area contributed by atoms with Gasteiger partial charge in [0.25, 0.3) is 0 Å². The first-order valence-corrected chi connectivity index (χ1v) is 12.7. The second kappa shape index (κ2) is 9.89. The molecule has 0 radical (unpaired) electrons. The zero-order valence-corrected chi connectivity index (χ0v) is 19.6. The number of benzene rings is 2. The van der Waals surface area contributed by atoms with Crippen LogP contribution in [0.2, 0.25) is 0 Å². The van der Waals surface area contributed by atoms with Crippen molar-refractivity contribution in [1.82, 2.24) is 14.1 Å². The lowest BCUT2D eigenvalue weighted by Gasteiger charge is -2.39. The van der Waals surface area contributed by atoms with E-state index in [0.29, 0.717) is 19.6 Å². The first-order chi connectivity index (χ1) is 15.8. The Morgan fingerprint density at radius 3 is 2.30 bits per heavy atom. The number of hydrogen-bond donors (Lipinski definition) is 0. The molecule has 1 fully saturated rings. The molecule has 0 bridgehead atoms. The molecule has 33 heavy (non-hydrogen) atoms. The summed E-state index contributed by atoms with van der Waals surface area (Å²) in [6.07, 6.45) is 2.58. The van der Waals surface area contributed by atoms with Crippen LogP contribution in [0.3, 0.4) is 0 Å². The highest BCUT2D eigenvalue weighted by molar-refractivity contribution is 7.92. The van der Waals surface area contributed by atoms with Crippen LogP contribution in [-0.4, -0.2) is 67.1 Å². The molecule has 0 aromatic heterocycles. The van der Waals surface area contributed by atoms with Gasteiger partial charge in [-0.25, -0.2) is 8.42 Å². The summed E-state index contributed by atoms with van der Waals surface area (Å²) < 4.78 is 26.8. The molecule has 2 aliphatic heterocycles. The highest BCUT2D eigenvalue weighted by Crippen LogP contribution is 2.33. The molecular formula is C25H29N3O4S. The van der Waals surface area contributed by atoms with Gasteiger partial charge in [0.2, 0.25) is 21.8 Å². The molecule has 0 saturated carbocycles. The van der Waals surface area contributed by atoms with Crippen molar-refractivity contribution in [3.8, 4) is 0 Å². The van der Waals surface area contributed by atoms with Gasteiger partial charge < -0.3 is 9.80 Å². The molecule has 2 heterocycles. The number of nitrogens with zero attached hydrogens (tertiary/aromatic N) is 3. The van der Waals surface area contributed by atoms with Crippen LogP contribution in [0.1, 0.15) is 36.1 Å². The van der Waals surface area contributed by atoms with Gasteiger partial charge in [0, 0.05) is 45.1 Å². The van der Waals surface area contributed by atoms with Crippen molar-refractivity contribution in [2.24, 2.45) is 0 Å². The number of carbonyl (C=O) groups excluding carboxylic acids is 2. The van der Waals surface area contributed by atoms with Crippen molar-refractivity contribution in [1.29, 1.82) is 0 Å². The lowest BCUT2D eigenvalue weighted by Crippen LogP contribution is -2.51. The fourth-order valence-corrected chi connectivity index (χ4v) is 5.72. The fraction of sp³-hybridized carbons (Fsp3) is 0.360. The van der Waals surface area contributed by atoms with Crippen LogP contribution in [-0.2, 0) is 26.0 Å². The third-order valence-corrected chi connectivity index (χ3v) is 7.93. The van der Waals surface area contributed by atoms with E-state index < -0.39 is 10.0 Å². The second-order valence-corrected chi connectivity index (χ2v) is 10.2. The van der Waals surface area contributed by atoms with Gasteiger partial charge in [-0.2, -0.15) is 4.31 Å². The van der Waals surface area contributed by atoms with Crippen LogP contribution in [0.4, 0.5) is 0 Å². The van der Waals surface area contributed by atoms with Crippen molar-refractivity contribution in [2.75, 3.05) is 32.7 Å². The number of amides is 2. The van der Waals surface area contributed by atoms with Gasteiger partial charge in [0.05, 0.1) is 12.5 Å². The normalized spacial score (nSPS) is 19.5. The molecule has 0 N–H and O–H groups in total. The van der Waals surface area contributed by atoms with Gasteiger partial charge in [0.1, 0.15) is 0 Å². The van der Waals surface area contributed by atoms with Crippen molar-refractivity contribution in [2.45, 2.75) is 25.8 Å². The minimum absolute atomic E-state index is 0.0385. The molecule has 174 valence electrons. The summed E-state index contributed by atoms with van der Waals surface area (Å²) in [6, 6.07) is 17.0. The molecule has 1 unspecified atom stereocenters. The van der Waals surface area contributed by atoms with Gasteiger partial charge in [-0.05, 0) is 29.2 Å². The number of sulfonamides is 1. The van der Waals surface area contributed by atoms with Gasteiger partial charge in [-0.15, -0.1) is 0 Å². The second-order valence-electron chi connectivity index (χ2n) is 8.42. The lowest BCUT2D eigenvalue weighted by atomic mass is 9.90. The van der Waals surface area contributed by atoms with Gasteiger partial charge in [-0.1, -0.05) is 54.6 Å². The Labute approximate surface area is 195 Å². The van der Waals surface area contributed by atoms with E-state index in [0.717, 1.165) is 17.5 Å². The molecule has 4 rings (SSSR count). The van der Waals surface area contributed by atoms with E-state index >= 15 is 0 Å². The van der Waals surface area contributed by atoms with E-state index in [1.807, 2.05) is 48.5 Å². The number of hydrogen-bond acceptors (Lipinski definition) is 4. The average molecular weight is 468 g/mol. The number of fused-ring (bicyclic) bond motifs is 1. The van der Waals surface area contributed by atoms with E-state index in [4.69, 9.17) is 0 Å². The van der Waals surface area contributed by atoms with Gasteiger partial charge in [0.15, 0.2) is 0 Å². The lowest BCUT2D eigenvalue weighted by molar-refractivity contribution is -0.137. The Balaban J connectivity index is 1.39. The van der Waals surface area contributed by atoms with Crippen LogP contribution in [0.25, 0.3) is 6.08 Å². The third kappa shape index (κ3) is 5.34. The van der Waals surface area contributed by atoms with Gasteiger partial charge in [-0.3, -0.25) is 9.59 Å². The maximum Gasteiger partial charge on any atom is 0.236 e. The summed E-state index contributed by atoms with van der Waals surface area (Å²) in [5.41, 5.74) is 3.02. The summed E-state index contributed by atoms with van der Waals surface area (Å²) in [5, 5.41) is 1.23. The summed E-state index contributed by atoms with van der Waals surface area (Å²) >= 11 is 0. The van der Waals surface area contributed by atoms with Crippen molar-refractivity contribution in [3.63, 3.8) is 0 Å². The van der Waals surface area contributed by atoms with Crippen molar-refractivity contribution < 1.29 is 18.0 Å². The van der Waals surface area contributed by atoms with Crippen LogP contribution >= 0.6 is 0 Å². The highest BCUT2D eigenvalue weighted by Gasteiger charge is 2.33. The van der Waals surface area contributed by atoms with E-state index in [2.05, 4.69) is 6.07 Å². The smallest absolute Gasteiger partial charge is 0.236 e. The molecule has 1 saturated heterocycles. The molecule has 0 aliphatic carbocycles. The Kier molecular flexibility index (Phi) is 6.95. The zero-order chi connectivity index (χ0) is 23.4. The predicted molar refractivity (Wildman–Crippen MR) is 127 cm³/mol. The molecule has 0 spiro atoms. The van der Waals surface area contributed by atoms with E-state index in [1.54, 1.807) is 15.9 Å². The summed E-state index contributed by atoms with van der Waals surface area (Å²) in [5.74, 6) is -0.0942. The molecule has 2 amide bonds. The summed E-state index contributed by atoms with van der Waals surface area (Å²) in [7, 11) is -3.56. The molecule has 1 atom stereocenters. The SMILES string of the molecule is CC(=O)N1CCc2ccccc2C1CC(=O)N1CCN(S(=O)(=O)/C=C/c2ccccc2)CC1. The minimum Gasteiger partial charge on any atom is -0.340 e. The first kappa shape index (κ1) is 23.2. The minimum atomic E-state index is -3.56. The number of piperazine rings is 1. The third-order valence-electron chi connectivity index (χ3n) is 6.37. The molecule has 8 heteroatoms. The summed E-state index contributed by atoms with van der Waals surface area (Å²) in [6.45, 7) is 3.33. The Hall–Kier alpha value is -2.97. The quantitative estimate of drug-likeness (QED) is 0.677. The van der Waals surface area contributed by atoms with Crippen LogP contribution in [0, 0.1) is 0 Å². The van der Waals surface area contributed by atoms with Crippen LogP contribution in [0.5, 0.6) is 0 Å². The Bertz CT molecular complexity index is 1140. The Morgan fingerprint density at radius 1 is 0.939 bits per heavy atom. The molecular weight excluding hydrogens is 438 g/mol. The molecule has 2 aromatic rings. The first-order valence-electron chi connectivity index (χ1n) is 11.2. The topological polar surface area (TPSA) is 78.0 Å². The van der Waals surface area contributed by atoms with Crippen LogP contribution < -0.4 is 0 Å². The monoisotopic (exact) mass is 467 g/mol. The predicted octanol–water partition coefficient (Wildman–Crippen LogP) is 2.67. The maximum atomic E-state index is 13.1. The average Bonchev–Trinajstić information content (AvgIpc) is 2.83. The van der Waals surface area contributed by atoms with Crippen LogP contribution in [0.15, 0.2) is 60.0 Å². The molecule has 2 aromatic carbocycles. The number of rotatable bonds is 5. The fourth-order valence-electron chi connectivity index (χ4n) is 4.55. The largest absolute Gasteiger partial charge is 0.340 e. The standard InChI is InChI=1S/C25H29N3O4S/c1-20(29)28-13-11-22-9-5-6-10-23(22)24(28)19-25(30)26-14-16-27(17-15-26)33(31,32)18-12-21-7-3-2-4-8-21/h2-10,12,18,24H,11,13-17,19H2,1H3/b18-12+. The number of carbonyl (C=O) groups is 2. The Morgan fingerprint density at radius 2 is 1.61 bits per heavy atom. The molecule has 2 aliphatic rings. The van der Waals surface area contributed by atoms with E-state index in [-0.39, 0.29) is 37.4 Å². The van der Waals surface area contributed by atoms with Gasteiger partial charge >= 0.3 is 0 Å². The van der Waals surface area contributed by atoms with E-state index in [1.165, 1.54) is 22.2 Å². The summed E-state index contributed by atoms with van der Waals surface area (Å²) in [4.78, 5) is 28.8.